The quantitative estimate of drug-likeness (QED) is 0.455. The molecule has 0 aliphatic carbocycles. The first-order valence-corrected chi connectivity index (χ1v) is 10.8. The number of guanidine groups is 1. The van der Waals surface area contributed by atoms with Gasteiger partial charge >= 0.3 is 0 Å². The van der Waals surface area contributed by atoms with E-state index in [9.17, 15) is 0 Å². The highest BCUT2D eigenvalue weighted by atomic mass is 35.5. The first-order chi connectivity index (χ1) is 15.1. The molecule has 0 saturated carbocycles. The van der Waals surface area contributed by atoms with Crippen molar-refractivity contribution in [2.75, 3.05) is 53.6 Å². The number of aliphatic imine (C=N–C) groups is 1. The van der Waals surface area contributed by atoms with Gasteiger partial charge in [-0.05, 0) is 41.8 Å². The Bertz CT molecular complexity index is 854. The van der Waals surface area contributed by atoms with Gasteiger partial charge in [0, 0.05) is 24.7 Å². The topological polar surface area (TPSA) is 81.3 Å². The van der Waals surface area contributed by atoms with Crippen LogP contribution in [0, 0.1) is 0 Å². The summed E-state index contributed by atoms with van der Waals surface area (Å²) in [5.41, 5.74) is 8.45. The fourth-order valence-corrected chi connectivity index (χ4v) is 3.74. The smallest absolute Gasteiger partial charge is 0.188 e. The van der Waals surface area contributed by atoms with Crippen LogP contribution in [0.4, 0.5) is 0 Å². The Balaban J connectivity index is 1.58. The van der Waals surface area contributed by atoms with Gasteiger partial charge in [0.25, 0.3) is 0 Å². The average molecular weight is 447 g/mol. The van der Waals surface area contributed by atoms with Crippen molar-refractivity contribution in [1.29, 1.82) is 0 Å². The average Bonchev–Trinajstić information content (AvgIpc) is 2.81. The number of nitrogens with two attached hydrogens (primary N) is 1. The van der Waals surface area contributed by atoms with Crippen molar-refractivity contribution in [3.63, 3.8) is 0 Å². The summed E-state index contributed by atoms with van der Waals surface area (Å²) < 4.78 is 16.1. The fraction of sp³-hybridized carbons (Fsp3) is 0.435. The molecule has 1 aliphatic rings. The first-order valence-electron chi connectivity index (χ1n) is 10.4. The maximum Gasteiger partial charge on any atom is 0.188 e. The van der Waals surface area contributed by atoms with Gasteiger partial charge in [0.2, 0.25) is 0 Å². The SMILES string of the molecule is COc1ccc(CCNC(N)=NCC(c2ccc(Cl)cc2)N2CCOCC2)cc1OC. The van der Waals surface area contributed by atoms with E-state index in [1.807, 2.05) is 30.3 Å². The van der Waals surface area contributed by atoms with Crippen LogP contribution in [0.2, 0.25) is 5.02 Å². The lowest BCUT2D eigenvalue weighted by Gasteiger charge is -2.34. The zero-order chi connectivity index (χ0) is 22.1. The molecular weight excluding hydrogens is 416 g/mol. The van der Waals surface area contributed by atoms with Gasteiger partial charge in [0.15, 0.2) is 17.5 Å². The molecule has 2 aromatic carbocycles. The minimum atomic E-state index is 0.132. The van der Waals surface area contributed by atoms with E-state index in [-0.39, 0.29) is 6.04 Å². The molecule has 0 aromatic heterocycles. The molecule has 31 heavy (non-hydrogen) atoms. The van der Waals surface area contributed by atoms with E-state index in [4.69, 9.17) is 31.5 Å². The van der Waals surface area contributed by atoms with Gasteiger partial charge in [-0.2, -0.15) is 0 Å². The van der Waals surface area contributed by atoms with Crippen LogP contribution in [0.3, 0.4) is 0 Å². The summed E-state index contributed by atoms with van der Waals surface area (Å²) in [5, 5.41) is 3.93. The molecule has 1 fully saturated rings. The molecule has 0 amide bonds. The predicted molar refractivity (Wildman–Crippen MR) is 124 cm³/mol. The summed E-state index contributed by atoms with van der Waals surface area (Å²) in [6, 6.07) is 14.0. The maximum atomic E-state index is 6.15. The van der Waals surface area contributed by atoms with E-state index in [1.54, 1.807) is 14.2 Å². The summed E-state index contributed by atoms with van der Waals surface area (Å²) in [7, 11) is 3.26. The Hall–Kier alpha value is -2.48. The molecule has 3 rings (SSSR count). The van der Waals surface area contributed by atoms with Gasteiger partial charge in [-0.15, -0.1) is 0 Å². The van der Waals surface area contributed by atoms with Gasteiger partial charge in [0.05, 0.1) is 40.0 Å². The molecule has 8 heteroatoms. The molecule has 1 atom stereocenters. The lowest BCUT2D eigenvalue weighted by molar-refractivity contribution is 0.0180. The molecule has 3 N–H and O–H groups in total. The Morgan fingerprint density at radius 3 is 2.52 bits per heavy atom. The second kappa shape index (κ2) is 11.8. The molecule has 1 aliphatic heterocycles. The number of rotatable bonds is 9. The lowest BCUT2D eigenvalue weighted by atomic mass is 10.0. The summed E-state index contributed by atoms with van der Waals surface area (Å²) in [5.74, 6) is 1.88. The standard InChI is InChI=1S/C23H31ClN4O3/c1-29-21-8-3-17(15-22(21)30-2)9-10-26-23(25)27-16-20(28-11-13-31-14-12-28)18-4-6-19(24)7-5-18/h3-8,15,20H,9-14,16H2,1-2H3,(H3,25,26,27). The van der Waals surface area contributed by atoms with Crippen LogP contribution >= 0.6 is 11.6 Å². The van der Waals surface area contributed by atoms with Crippen LogP contribution in [0.1, 0.15) is 17.2 Å². The third kappa shape index (κ3) is 6.75. The highest BCUT2D eigenvalue weighted by Crippen LogP contribution is 2.27. The largest absolute Gasteiger partial charge is 0.493 e. The summed E-state index contributed by atoms with van der Waals surface area (Å²) in [6.45, 7) is 4.44. The number of hydrogen-bond donors (Lipinski definition) is 2. The predicted octanol–water partition coefficient (Wildman–Crippen LogP) is 2.88. The van der Waals surface area contributed by atoms with Gasteiger partial charge in [0.1, 0.15) is 0 Å². The molecule has 0 spiro atoms. The molecule has 1 saturated heterocycles. The molecule has 0 bridgehead atoms. The van der Waals surface area contributed by atoms with E-state index >= 15 is 0 Å². The minimum absolute atomic E-state index is 0.132. The Morgan fingerprint density at radius 2 is 1.84 bits per heavy atom. The third-order valence-corrected chi connectivity index (χ3v) is 5.60. The second-order valence-electron chi connectivity index (χ2n) is 7.31. The van der Waals surface area contributed by atoms with E-state index in [0.29, 0.717) is 19.0 Å². The Morgan fingerprint density at radius 1 is 1.13 bits per heavy atom. The van der Waals surface area contributed by atoms with Crippen LogP contribution in [-0.4, -0.2) is 64.5 Å². The fourth-order valence-electron chi connectivity index (χ4n) is 3.62. The van der Waals surface area contributed by atoms with Crippen molar-refractivity contribution in [1.82, 2.24) is 10.2 Å². The third-order valence-electron chi connectivity index (χ3n) is 5.34. The number of hydrogen-bond acceptors (Lipinski definition) is 5. The van der Waals surface area contributed by atoms with Crippen LogP contribution in [0.15, 0.2) is 47.5 Å². The van der Waals surface area contributed by atoms with Crippen molar-refractivity contribution >= 4 is 17.6 Å². The monoisotopic (exact) mass is 446 g/mol. The molecular formula is C23H31ClN4O3. The normalized spacial score (nSPS) is 16.0. The van der Waals surface area contributed by atoms with Crippen LogP contribution in [0.5, 0.6) is 11.5 Å². The highest BCUT2D eigenvalue weighted by Gasteiger charge is 2.22. The number of nitrogens with zero attached hydrogens (tertiary/aromatic N) is 2. The molecule has 168 valence electrons. The van der Waals surface area contributed by atoms with Crippen molar-refractivity contribution in [2.24, 2.45) is 10.7 Å². The lowest BCUT2D eigenvalue weighted by Crippen LogP contribution is -2.41. The molecule has 1 heterocycles. The first kappa shape index (κ1) is 23.2. The zero-order valence-electron chi connectivity index (χ0n) is 18.1. The number of nitrogens with one attached hydrogen (secondary N) is 1. The van der Waals surface area contributed by atoms with Gasteiger partial charge in [-0.25, -0.2) is 0 Å². The number of benzene rings is 2. The molecule has 1 unspecified atom stereocenters. The van der Waals surface area contributed by atoms with Crippen molar-refractivity contribution in [2.45, 2.75) is 12.5 Å². The highest BCUT2D eigenvalue weighted by molar-refractivity contribution is 6.30. The molecule has 2 aromatic rings. The summed E-state index contributed by atoms with van der Waals surface area (Å²) >= 11 is 6.07. The van der Waals surface area contributed by atoms with Crippen LogP contribution in [-0.2, 0) is 11.2 Å². The Labute approximate surface area is 189 Å². The van der Waals surface area contributed by atoms with Crippen molar-refractivity contribution in [3.05, 3.63) is 58.6 Å². The zero-order valence-corrected chi connectivity index (χ0v) is 18.9. The number of morpholine rings is 1. The maximum absolute atomic E-state index is 6.15. The van der Waals surface area contributed by atoms with E-state index in [0.717, 1.165) is 54.8 Å². The number of ether oxygens (including phenoxy) is 3. The van der Waals surface area contributed by atoms with Crippen molar-refractivity contribution in [3.8, 4) is 11.5 Å². The van der Waals surface area contributed by atoms with Crippen LogP contribution in [0.25, 0.3) is 0 Å². The number of halogens is 1. The van der Waals surface area contributed by atoms with Gasteiger partial charge in [-0.1, -0.05) is 29.8 Å². The molecule has 7 nitrogen and oxygen atoms in total. The van der Waals surface area contributed by atoms with E-state index in [2.05, 4.69) is 27.3 Å². The van der Waals surface area contributed by atoms with E-state index < -0.39 is 0 Å². The summed E-state index contributed by atoms with van der Waals surface area (Å²) in [6.07, 6.45) is 0.792. The minimum Gasteiger partial charge on any atom is -0.493 e. The van der Waals surface area contributed by atoms with Crippen molar-refractivity contribution < 1.29 is 14.2 Å². The molecule has 0 radical (unpaired) electrons. The second-order valence-corrected chi connectivity index (χ2v) is 7.74. The van der Waals surface area contributed by atoms with Crippen LogP contribution < -0.4 is 20.5 Å². The van der Waals surface area contributed by atoms with Gasteiger partial charge in [-0.3, -0.25) is 9.89 Å². The Kier molecular flexibility index (Phi) is 8.82. The van der Waals surface area contributed by atoms with Gasteiger partial charge < -0.3 is 25.3 Å². The number of methoxy groups -OCH3 is 2. The summed E-state index contributed by atoms with van der Waals surface area (Å²) in [4.78, 5) is 7.00. The van der Waals surface area contributed by atoms with E-state index in [1.165, 1.54) is 5.56 Å².